The van der Waals surface area contributed by atoms with Crippen molar-refractivity contribution in [3.05, 3.63) is 0 Å². The Morgan fingerprint density at radius 2 is 2.18 bits per heavy atom. The molecule has 2 N–H and O–H groups in total. The van der Waals surface area contributed by atoms with Crippen LogP contribution in [0.5, 0.6) is 0 Å². The van der Waals surface area contributed by atoms with Crippen molar-refractivity contribution in [3.63, 3.8) is 0 Å². The minimum atomic E-state index is -0.0693. The van der Waals surface area contributed by atoms with E-state index in [9.17, 15) is 4.79 Å². The second kappa shape index (κ2) is 5.83. The smallest absolute Gasteiger partial charge is 0.306 e. The van der Waals surface area contributed by atoms with Gasteiger partial charge in [0.25, 0.3) is 0 Å². The van der Waals surface area contributed by atoms with Crippen LogP contribution >= 0.6 is 0 Å². The Bertz CT molecular complexity index is 266. The lowest BCUT2D eigenvalue weighted by Crippen LogP contribution is -2.53. The molecule has 2 unspecified atom stereocenters. The Kier molecular flexibility index (Phi) is 4.40. The molecule has 1 heterocycles. The number of ether oxygens (including phenoxy) is 1. The Morgan fingerprint density at radius 3 is 2.76 bits per heavy atom. The molecule has 0 aromatic rings. The summed E-state index contributed by atoms with van der Waals surface area (Å²) in [5.74, 6) is 0.318. The minimum absolute atomic E-state index is 0.0693. The Labute approximate surface area is 103 Å². The van der Waals surface area contributed by atoms with E-state index in [0.717, 1.165) is 25.6 Å². The minimum Gasteiger partial charge on any atom is -0.466 e. The summed E-state index contributed by atoms with van der Waals surface area (Å²) in [5.41, 5.74) is 6.09. The third-order valence-corrected chi connectivity index (χ3v) is 3.95. The van der Waals surface area contributed by atoms with Crippen molar-refractivity contribution < 1.29 is 9.53 Å². The molecule has 0 radical (unpaired) electrons. The number of carbonyl (C=O) groups excluding carboxylic acids is 1. The van der Waals surface area contributed by atoms with Crippen LogP contribution in [0, 0.1) is 5.92 Å². The van der Waals surface area contributed by atoms with Gasteiger partial charge in [0.15, 0.2) is 0 Å². The molecule has 0 amide bonds. The molecular weight excluding hydrogens is 216 g/mol. The van der Waals surface area contributed by atoms with Crippen LogP contribution in [0.25, 0.3) is 0 Å². The molecule has 1 aliphatic heterocycles. The summed E-state index contributed by atoms with van der Waals surface area (Å²) in [6, 6.07) is 0.954. The molecule has 1 saturated heterocycles. The number of esters is 1. The number of carbonyl (C=O) groups is 1. The van der Waals surface area contributed by atoms with Gasteiger partial charge in [0.2, 0.25) is 0 Å². The van der Waals surface area contributed by atoms with Gasteiger partial charge >= 0.3 is 5.97 Å². The van der Waals surface area contributed by atoms with E-state index >= 15 is 0 Å². The molecule has 0 aromatic heterocycles. The molecule has 98 valence electrons. The van der Waals surface area contributed by atoms with Gasteiger partial charge in [0.05, 0.1) is 6.61 Å². The molecule has 0 spiro atoms. The van der Waals surface area contributed by atoms with Gasteiger partial charge in [-0.2, -0.15) is 0 Å². The number of hydrogen-bond donors (Lipinski definition) is 1. The van der Waals surface area contributed by atoms with Crippen molar-refractivity contribution in [3.8, 4) is 0 Å². The zero-order valence-electron chi connectivity index (χ0n) is 10.7. The van der Waals surface area contributed by atoms with E-state index in [1.165, 1.54) is 19.3 Å². The molecule has 4 heteroatoms. The first kappa shape index (κ1) is 12.8. The van der Waals surface area contributed by atoms with Crippen molar-refractivity contribution >= 4 is 5.97 Å². The van der Waals surface area contributed by atoms with E-state index in [2.05, 4.69) is 4.90 Å². The summed E-state index contributed by atoms with van der Waals surface area (Å²) in [6.07, 6.45) is 5.45. The van der Waals surface area contributed by atoms with Crippen molar-refractivity contribution in [2.45, 2.75) is 51.1 Å². The van der Waals surface area contributed by atoms with E-state index in [1.54, 1.807) is 0 Å². The van der Waals surface area contributed by atoms with Crippen LogP contribution in [0.4, 0.5) is 0 Å². The molecule has 4 nitrogen and oxygen atoms in total. The summed E-state index contributed by atoms with van der Waals surface area (Å²) < 4.78 is 5.02. The molecule has 2 fully saturated rings. The fourth-order valence-corrected chi connectivity index (χ4v) is 2.94. The standard InChI is InChI=1S/C13H24N2O2/c1-2-17-13(16)7-10-6-11(14)9-15(8-10)12-4-3-5-12/h10-12H,2-9,14H2,1H3. The lowest BCUT2D eigenvalue weighted by Gasteiger charge is -2.44. The van der Waals surface area contributed by atoms with Crippen molar-refractivity contribution in [2.75, 3.05) is 19.7 Å². The monoisotopic (exact) mass is 240 g/mol. The van der Waals surface area contributed by atoms with Gasteiger partial charge in [0, 0.05) is 31.6 Å². The zero-order valence-corrected chi connectivity index (χ0v) is 10.7. The first-order valence-corrected chi connectivity index (χ1v) is 6.84. The summed E-state index contributed by atoms with van der Waals surface area (Å²) in [7, 11) is 0. The molecule has 17 heavy (non-hydrogen) atoms. The quantitative estimate of drug-likeness (QED) is 0.749. The van der Waals surface area contributed by atoms with Crippen LogP contribution in [-0.4, -0.2) is 42.6 Å². The first-order chi connectivity index (χ1) is 8.19. The lowest BCUT2D eigenvalue weighted by atomic mass is 9.85. The van der Waals surface area contributed by atoms with E-state index in [1.807, 2.05) is 6.92 Å². The van der Waals surface area contributed by atoms with E-state index in [-0.39, 0.29) is 12.0 Å². The number of likely N-dealkylation sites (tertiary alicyclic amines) is 1. The van der Waals surface area contributed by atoms with Gasteiger partial charge in [-0.25, -0.2) is 0 Å². The zero-order chi connectivity index (χ0) is 12.3. The van der Waals surface area contributed by atoms with Gasteiger partial charge in [0.1, 0.15) is 0 Å². The molecule has 2 aliphatic rings. The highest BCUT2D eigenvalue weighted by atomic mass is 16.5. The van der Waals surface area contributed by atoms with Gasteiger partial charge in [-0.3, -0.25) is 9.69 Å². The lowest BCUT2D eigenvalue weighted by molar-refractivity contribution is -0.144. The van der Waals surface area contributed by atoms with Crippen LogP contribution in [0.2, 0.25) is 0 Å². The summed E-state index contributed by atoms with van der Waals surface area (Å²) in [6.45, 7) is 4.36. The number of nitrogens with two attached hydrogens (primary N) is 1. The number of rotatable bonds is 4. The molecule has 1 aliphatic carbocycles. The second-order valence-corrected chi connectivity index (χ2v) is 5.41. The fraction of sp³-hybridized carbons (Fsp3) is 0.923. The maximum atomic E-state index is 11.5. The van der Waals surface area contributed by atoms with Crippen molar-refractivity contribution in [2.24, 2.45) is 11.7 Å². The van der Waals surface area contributed by atoms with E-state index in [0.29, 0.717) is 18.9 Å². The Morgan fingerprint density at radius 1 is 1.41 bits per heavy atom. The molecular formula is C13H24N2O2. The largest absolute Gasteiger partial charge is 0.466 e. The third-order valence-electron chi connectivity index (χ3n) is 3.95. The van der Waals surface area contributed by atoms with Gasteiger partial charge in [-0.15, -0.1) is 0 Å². The molecule has 0 aromatic carbocycles. The van der Waals surface area contributed by atoms with Crippen LogP contribution in [-0.2, 0) is 9.53 Å². The first-order valence-electron chi connectivity index (χ1n) is 6.84. The third kappa shape index (κ3) is 3.42. The highest BCUT2D eigenvalue weighted by molar-refractivity contribution is 5.69. The highest BCUT2D eigenvalue weighted by Gasteiger charge is 2.33. The van der Waals surface area contributed by atoms with Crippen molar-refractivity contribution in [1.82, 2.24) is 4.90 Å². The average Bonchev–Trinajstić information content (AvgIpc) is 2.13. The van der Waals surface area contributed by atoms with Crippen LogP contribution < -0.4 is 5.73 Å². The van der Waals surface area contributed by atoms with Gasteiger partial charge in [-0.05, 0) is 32.1 Å². The topological polar surface area (TPSA) is 55.6 Å². The number of piperidine rings is 1. The highest BCUT2D eigenvalue weighted by Crippen LogP contribution is 2.29. The Hall–Kier alpha value is -0.610. The maximum Gasteiger partial charge on any atom is 0.306 e. The van der Waals surface area contributed by atoms with Crippen molar-refractivity contribution in [1.29, 1.82) is 0 Å². The number of nitrogens with zero attached hydrogens (tertiary/aromatic N) is 1. The van der Waals surface area contributed by atoms with E-state index in [4.69, 9.17) is 10.5 Å². The Balaban J connectivity index is 1.82. The molecule has 1 saturated carbocycles. The van der Waals surface area contributed by atoms with Gasteiger partial charge < -0.3 is 10.5 Å². The maximum absolute atomic E-state index is 11.5. The summed E-state index contributed by atoms with van der Waals surface area (Å²) in [4.78, 5) is 14.0. The second-order valence-electron chi connectivity index (χ2n) is 5.41. The number of hydrogen-bond acceptors (Lipinski definition) is 4. The SMILES string of the molecule is CCOC(=O)CC1CC(N)CN(C2CCC2)C1. The van der Waals surface area contributed by atoms with Crippen LogP contribution in [0.1, 0.15) is 39.0 Å². The molecule has 2 atom stereocenters. The fourth-order valence-electron chi connectivity index (χ4n) is 2.94. The normalized spacial score (nSPS) is 30.9. The molecule has 2 rings (SSSR count). The average molecular weight is 240 g/mol. The predicted octanol–water partition coefficient (Wildman–Crippen LogP) is 1.14. The van der Waals surface area contributed by atoms with Gasteiger partial charge in [-0.1, -0.05) is 6.42 Å². The van der Waals surface area contributed by atoms with Crippen LogP contribution in [0.15, 0.2) is 0 Å². The van der Waals surface area contributed by atoms with E-state index < -0.39 is 0 Å². The van der Waals surface area contributed by atoms with Crippen LogP contribution in [0.3, 0.4) is 0 Å². The molecule has 0 bridgehead atoms. The summed E-state index contributed by atoms with van der Waals surface area (Å²) >= 11 is 0. The summed E-state index contributed by atoms with van der Waals surface area (Å²) in [5, 5.41) is 0. The predicted molar refractivity (Wildman–Crippen MR) is 66.5 cm³/mol.